The smallest absolute Gasteiger partial charge is 0.255 e. The number of carbonyl (C=O) groups is 2. The summed E-state index contributed by atoms with van der Waals surface area (Å²) in [7, 11) is 0. The summed E-state index contributed by atoms with van der Waals surface area (Å²) in [5.74, 6) is -0.165. The van der Waals surface area contributed by atoms with Crippen molar-refractivity contribution in [3.05, 3.63) is 71.8 Å². The molecule has 132 valence electrons. The van der Waals surface area contributed by atoms with Gasteiger partial charge in [0.25, 0.3) is 5.91 Å². The Hall–Kier alpha value is -3.60. The highest BCUT2D eigenvalue weighted by molar-refractivity contribution is 6.09. The van der Waals surface area contributed by atoms with Crippen molar-refractivity contribution in [2.75, 3.05) is 10.6 Å². The standard InChI is InChI=1S/C22H16N2O3/c25-21-10-6-13-11-14(5-8-18(13)24-21)22(26)23-15-7-9-20-17(12-15)16-3-1-2-4-19(16)27-20/h1-5,7-9,11-12H,6,10H2,(H,23,26)(H,24,25). The number of anilines is 2. The van der Waals surface area contributed by atoms with E-state index in [1.165, 1.54) is 0 Å². The van der Waals surface area contributed by atoms with Crippen LogP contribution in [-0.2, 0) is 11.2 Å². The van der Waals surface area contributed by atoms with E-state index in [0.717, 1.165) is 33.2 Å². The van der Waals surface area contributed by atoms with Crippen molar-refractivity contribution >= 4 is 45.1 Å². The molecule has 1 aliphatic heterocycles. The molecule has 5 rings (SSSR count). The first-order chi connectivity index (χ1) is 13.2. The molecule has 1 aliphatic rings. The Labute approximate surface area is 155 Å². The molecule has 2 heterocycles. The second kappa shape index (κ2) is 5.99. The summed E-state index contributed by atoms with van der Waals surface area (Å²) in [6, 6.07) is 18.8. The second-order valence-electron chi connectivity index (χ2n) is 6.68. The van der Waals surface area contributed by atoms with Gasteiger partial charge >= 0.3 is 0 Å². The molecule has 0 radical (unpaired) electrons. The summed E-state index contributed by atoms with van der Waals surface area (Å²) in [5, 5.41) is 7.77. The summed E-state index contributed by atoms with van der Waals surface area (Å²) in [5.41, 5.74) is 4.67. The molecule has 5 heteroatoms. The van der Waals surface area contributed by atoms with E-state index in [4.69, 9.17) is 4.42 Å². The Kier molecular flexibility index (Phi) is 3.47. The maximum absolute atomic E-state index is 12.7. The first kappa shape index (κ1) is 15.6. The molecule has 0 spiro atoms. The van der Waals surface area contributed by atoms with E-state index in [2.05, 4.69) is 10.6 Å². The van der Waals surface area contributed by atoms with E-state index in [1.54, 1.807) is 12.1 Å². The number of amides is 2. The Balaban J connectivity index is 1.45. The molecular formula is C22H16N2O3. The van der Waals surface area contributed by atoms with Gasteiger partial charge in [-0.15, -0.1) is 0 Å². The highest BCUT2D eigenvalue weighted by Gasteiger charge is 2.17. The van der Waals surface area contributed by atoms with E-state index in [0.29, 0.717) is 24.1 Å². The largest absolute Gasteiger partial charge is 0.456 e. The average molecular weight is 356 g/mol. The van der Waals surface area contributed by atoms with Crippen LogP contribution in [0.3, 0.4) is 0 Å². The van der Waals surface area contributed by atoms with Gasteiger partial charge in [0.2, 0.25) is 5.91 Å². The number of para-hydroxylation sites is 1. The van der Waals surface area contributed by atoms with Crippen LogP contribution in [0.4, 0.5) is 11.4 Å². The quantitative estimate of drug-likeness (QED) is 0.546. The lowest BCUT2D eigenvalue weighted by Gasteiger charge is -2.17. The first-order valence-electron chi connectivity index (χ1n) is 8.83. The van der Waals surface area contributed by atoms with Gasteiger partial charge in [-0.05, 0) is 54.4 Å². The van der Waals surface area contributed by atoms with E-state index in [9.17, 15) is 9.59 Å². The van der Waals surface area contributed by atoms with Crippen LogP contribution >= 0.6 is 0 Å². The number of hydrogen-bond donors (Lipinski definition) is 2. The summed E-state index contributed by atoms with van der Waals surface area (Å²) >= 11 is 0. The zero-order valence-electron chi connectivity index (χ0n) is 14.4. The Morgan fingerprint density at radius 3 is 2.70 bits per heavy atom. The van der Waals surface area contributed by atoms with Crippen molar-refractivity contribution in [1.29, 1.82) is 0 Å². The lowest BCUT2D eigenvalue weighted by Crippen LogP contribution is -2.20. The van der Waals surface area contributed by atoms with Crippen molar-refractivity contribution in [1.82, 2.24) is 0 Å². The molecule has 27 heavy (non-hydrogen) atoms. The van der Waals surface area contributed by atoms with Crippen LogP contribution in [0.5, 0.6) is 0 Å². The van der Waals surface area contributed by atoms with Gasteiger partial charge in [-0.1, -0.05) is 18.2 Å². The number of furan rings is 1. The Morgan fingerprint density at radius 2 is 1.78 bits per heavy atom. The number of fused-ring (bicyclic) bond motifs is 4. The maximum Gasteiger partial charge on any atom is 0.255 e. The fourth-order valence-corrected chi connectivity index (χ4v) is 3.53. The molecule has 0 fully saturated rings. The summed E-state index contributed by atoms with van der Waals surface area (Å²) in [4.78, 5) is 24.1. The van der Waals surface area contributed by atoms with Gasteiger partial charge in [-0.3, -0.25) is 9.59 Å². The zero-order chi connectivity index (χ0) is 18.4. The minimum Gasteiger partial charge on any atom is -0.456 e. The van der Waals surface area contributed by atoms with Gasteiger partial charge in [0.1, 0.15) is 11.2 Å². The van der Waals surface area contributed by atoms with Gasteiger partial charge in [-0.2, -0.15) is 0 Å². The summed E-state index contributed by atoms with van der Waals surface area (Å²) in [6.07, 6.45) is 1.09. The predicted molar refractivity (Wildman–Crippen MR) is 105 cm³/mol. The zero-order valence-corrected chi connectivity index (χ0v) is 14.4. The van der Waals surface area contributed by atoms with Gasteiger partial charge in [0, 0.05) is 34.1 Å². The third kappa shape index (κ3) is 2.73. The molecule has 0 bridgehead atoms. The van der Waals surface area contributed by atoms with E-state index >= 15 is 0 Å². The topological polar surface area (TPSA) is 71.3 Å². The SMILES string of the molecule is O=C1CCc2cc(C(=O)Nc3ccc4oc5ccccc5c4c3)ccc2N1. The lowest BCUT2D eigenvalue weighted by atomic mass is 10.00. The number of rotatable bonds is 2. The normalized spacial score (nSPS) is 13.4. The fourth-order valence-electron chi connectivity index (χ4n) is 3.53. The third-order valence-electron chi connectivity index (χ3n) is 4.90. The molecular weight excluding hydrogens is 340 g/mol. The molecule has 0 atom stereocenters. The Bertz CT molecular complexity index is 1220. The highest BCUT2D eigenvalue weighted by atomic mass is 16.3. The van der Waals surface area contributed by atoms with Crippen LogP contribution < -0.4 is 10.6 Å². The van der Waals surface area contributed by atoms with Crippen LogP contribution in [0.1, 0.15) is 22.3 Å². The van der Waals surface area contributed by atoms with Crippen LogP contribution in [0.25, 0.3) is 21.9 Å². The molecule has 0 saturated carbocycles. The van der Waals surface area contributed by atoms with E-state index < -0.39 is 0 Å². The van der Waals surface area contributed by atoms with Crippen LogP contribution in [0.2, 0.25) is 0 Å². The molecule has 1 aromatic heterocycles. The highest BCUT2D eigenvalue weighted by Crippen LogP contribution is 2.31. The van der Waals surface area contributed by atoms with Crippen LogP contribution in [0, 0.1) is 0 Å². The lowest BCUT2D eigenvalue weighted by molar-refractivity contribution is -0.116. The molecule has 2 amide bonds. The summed E-state index contributed by atoms with van der Waals surface area (Å²) in [6.45, 7) is 0. The fraction of sp³-hybridized carbons (Fsp3) is 0.0909. The van der Waals surface area contributed by atoms with Gasteiger partial charge in [-0.25, -0.2) is 0 Å². The van der Waals surface area contributed by atoms with Crippen molar-refractivity contribution in [2.24, 2.45) is 0 Å². The summed E-state index contributed by atoms with van der Waals surface area (Å²) < 4.78 is 5.82. The predicted octanol–water partition coefficient (Wildman–Crippen LogP) is 4.72. The van der Waals surface area contributed by atoms with Crippen molar-refractivity contribution in [3.63, 3.8) is 0 Å². The molecule has 0 unspecified atom stereocenters. The number of benzene rings is 3. The van der Waals surface area contributed by atoms with Gasteiger partial charge in [0.15, 0.2) is 0 Å². The Morgan fingerprint density at radius 1 is 0.926 bits per heavy atom. The third-order valence-corrected chi connectivity index (χ3v) is 4.90. The molecule has 5 nitrogen and oxygen atoms in total. The number of aryl methyl sites for hydroxylation is 1. The molecule has 0 aliphatic carbocycles. The molecule has 0 saturated heterocycles. The minimum atomic E-state index is -0.179. The van der Waals surface area contributed by atoms with Crippen LogP contribution in [0.15, 0.2) is 65.1 Å². The number of carbonyl (C=O) groups excluding carboxylic acids is 2. The van der Waals surface area contributed by atoms with Crippen molar-refractivity contribution in [2.45, 2.75) is 12.8 Å². The molecule has 2 N–H and O–H groups in total. The first-order valence-corrected chi connectivity index (χ1v) is 8.83. The number of nitrogens with one attached hydrogen (secondary N) is 2. The maximum atomic E-state index is 12.7. The van der Waals surface area contributed by atoms with Crippen molar-refractivity contribution in [3.8, 4) is 0 Å². The molecule has 3 aromatic carbocycles. The van der Waals surface area contributed by atoms with Gasteiger partial charge < -0.3 is 15.1 Å². The van der Waals surface area contributed by atoms with Crippen LogP contribution in [-0.4, -0.2) is 11.8 Å². The van der Waals surface area contributed by atoms with Crippen molar-refractivity contribution < 1.29 is 14.0 Å². The number of hydrogen-bond acceptors (Lipinski definition) is 3. The monoisotopic (exact) mass is 356 g/mol. The van der Waals surface area contributed by atoms with E-state index in [-0.39, 0.29) is 11.8 Å². The van der Waals surface area contributed by atoms with Gasteiger partial charge in [0.05, 0.1) is 0 Å². The average Bonchev–Trinajstić information content (AvgIpc) is 3.05. The van der Waals surface area contributed by atoms with E-state index in [1.807, 2.05) is 48.5 Å². The second-order valence-corrected chi connectivity index (χ2v) is 6.68. The molecule has 4 aromatic rings. The minimum absolute atomic E-state index is 0.0142.